The predicted molar refractivity (Wildman–Crippen MR) is 248 cm³/mol. The summed E-state index contributed by atoms with van der Waals surface area (Å²) in [5, 5.41) is 17.3. The van der Waals surface area contributed by atoms with E-state index in [4.69, 9.17) is 5.73 Å². The van der Waals surface area contributed by atoms with Crippen molar-refractivity contribution in [3.05, 3.63) is 145 Å². The number of aliphatic imine (C=N–C) groups is 1. The van der Waals surface area contributed by atoms with Crippen molar-refractivity contribution in [2.45, 2.75) is 65.9 Å². The highest BCUT2D eigenvalue weighted by molar-refractivity contribution is 7.99. The van der Waals surface area contributed by atoms with Crippen LogP contribution in [-0.2, 0) is 32.8 Å². The molecule has 6 N–H and O–H groups in total. The molecule has 10 nitrogen and oxygen atoms in total. The molecule has 316 valence electrons. The largest absolute Gasteiger partial charge is 0.356 e. The van der Waals surface area contributed by atoms with Crippen molar-refractivity contribution < 1.29 is 16.8 Å². The molecule has 0 aliphatic carbocycles. The molecule has 0 unspecified atom stereocenters. The van der Waals surface area contributed by atoms with Crippen molar-refractivity contribution in [3.63, 3.8) is 0 Å². The van der Waals surface area contributed by atoms with E-state index in [1.807, 2.05) is 66.4 Å². The Balaban J connectivity index is 0.000000169. The monoisotopic (exact) mass is 864 g/mol. The topological polar surface area (TPSA) is 155 Å². The van der Waals surface area contributed by atoms with Crippen LogP contribution in [0.2, 0.25) is 0 Å². The Morgan fingerprint density at radius 2 is 1.13 bits per heavy atom. The third-order valence-corrected chi connectivity index (χ3v) is 14.8. The summed E-state index contributed by atoms with van der Waals surface area (Å²) in [7, 11) is -7.05. The van der Waals surface area contributed by atoms with Crippen LogP contribution in [0, 0.1) is 10.8 Å². The van der Waals surface area contributed by atoms with Gasteiger partial charge in [-0.25, -0.2) is 16.8 Å². The molecule has 60 heavy (non-hydrogen) atoms. The van der Waals surface area contributed by atoms with Crippen LogP contribution < -0.4 is 27.0 Å². The van der Waals surface area contributed by atoms with Gasteiger partial charge in [-0.15, -0.1) is 11.8 Å². The van der Waals surface area contributed by atoms with Gasteiger partial charge in [-0.3, -0.25) is 15.6 Å². The average Bonchev–Trinajstić information content (AvgIpc) is 3.26. The lowest BCUT2D eigenvalue weighted by molar-refractivity contribution is 0.257. The highest BCUT2D eigenvalue weighted by Crippen LogP contribution is 2.28. The van der Waals surface area contributed by atoms with Crippen LogP contribution in [0.15, 0.2) is 158 Å². The van der Waals surface area contributed by atoms with Crippen LogP contribution in [0.25, 0.3) is 21.5 Å². The third kappa shape index (κ3) is 11.1. The minimum absolute atomic E-state index is 0.158. The maximum atomic E-state index is 13.0. The molecule has 0 bridgehead atoms. The first-order chi connectivity index (χ1) is 28.6. The zero-order valence-electron chi connectivity index (χ0n) is 34.9. The molecule has 0 saturated carbocycles. The first-order valence-electron chi connectivity index (χ1n) is 20.0. The number of benzene rings is 6. The average molecular weight is 865 g/mol. The number of thioether (sulfide) groups is 1. The Labute approximate surface area is 359 Å². The number of sulfone groups is 2. The number of hydrogen-bond donors (Lipinski definition) is 5. The van der Waals surface area contributed by atoms with Crippen LogP contribution in [0.4, 0.5) is 0 Å². The van der Waals surface area contributed by atoms with Crippen molar-refractivity contribution in [3.8, 4) is 0 Å². The molecule has 8 rings (SSSR count). The van der Waals surface area contributed by atoms with E-state index in [2.05, 4.69) is 60.2 Å². The SMILES string of the molecule is CC1(C)CN=C(NCc2cccc3ccc(S(=O)(=O)c4ccccc4)cc23)NC1.CSC1NCC(C)(C)CN1.NCc1cccc2ccc(S(=O)(=O)c3ccccc3)cc12. The molecule has 0 amide bonds. The summed E-state index contributed by atoms with van der Waals surface area (Å²) in [4.78, 5) is 5.77. The lowest BCUT2D eigenvalue weighted by atomic mass is 9.92. The highest BCUT2D eigenvalue weighted by atomic mass is 32.2. The van der Waals surface area contributed by atoms with Crippen molar-refractivity contribution in [1.82, 2.24) is 21.3 Å². The fourth-order valence-corrected chi connectivity index (χ4v) is 9.95. The number of fused-ring (bicyclic) bond motifs is 2. The summed E-state index contributed by atoms with van der Waals surface area (Å²) in [5.41, 5.74) is 8.76. The molecule has 0 radical (unpaired) electrons. The zero-order chi connectivity index (χ0) is 43.0. The molecular weight excluding hydrogens is 809 g/mol. The van der Waals surface area contributed by atoms with Gasteiger partial charge in [-0.05, 0) is 92.9 Å². The van der Waals surface area contributed by atoms with Gasteiger partial charge in [0.1, 0.15) is 5.50 Å². The summed E-state index contributed by atoms with van der Waals surface area (Å²) in [5.74, 6) is 0.786. The summed E-state index contributed by atoms with van der Waals surface area (Å²) >= 11 is 1.82. The molecule has 2 heterocycles. The molecular formula is C47H56N6O4S3. The van der Waals surface area contributed by atoms with E-state index in [9.17, 15) is 16.8 Å². The molecule has 1 fully saturated rings. The van der Waals surface area contributed by atoms with Gasteiger partial charge in [-0.1, -0.05) is 113 Å². The van der Waals surface area contributed by atoms with Crippen molar-refractivity contribution in [2.24, 2.45) is 21.6 Å². The minimum Gasteiger partial charge on any atom is -0.356 e. The molecule has 2 aliphatic heterocycles. The van der Waals surface area contributed by atoms with E-state index in [0.717, 1.165) is 64.8 Å². The van der Waals surface area contributed by atoms with Crippen molar-refractivity contribution in [2.75, 3.05) is 32.4 Å². The molecule has 0 aromatic heterocycles. The quantitative estimate of drug-likeness (QED) is 0.103. The minimum atomic E-state index is -3.55. The van der Waals surface area contributed by atoms with E-state index >= 15 is 0 Å². The van der Waals surface area contributed by atoms with Gasteiger partial charge in [-0.2, -0.15) is 0 Å². The summed E-state index contributed by atoms with van der Waals surface area (Å²) in [6.45, 7) is 13.7. The zero-order valence-corrected chi connectivity index (χ0v) is 37.4. The van der Waals surface area contributed by atoms with Crippen LogP contribution in [0.1, 0.15) is 38.8 Å². The van der Waals surface area contributed by atoms with Crippen LogP contribution in [0.5, 0.6) is 0 Å². The number of guanidine groups is 1. The summed E-state index contributed by atoms with van der Waals surface area (Å²) < 4.78 is 51.3. The van der Waals surface area contributed by atoms with Crippen LogP contribution >= 0.6 is 11.8 Å². The fraction of sp³-hybridized carbons (Fsp3) is 0.298. The van der Waals surface area contributed by atoms with Gasteiger partial charge in [0, 0.05) is 44.7 Å². The maximum absolute atomic E-state index is 13.0. The van der Waals surface area contributed by atoms with E-state index < -0.39 is 19.7 Å². The predicted octanol–water partition coefficient (Wildman–Crippen LogP) is 7.73. The number of nitrogens with one attached hydrogen (secondary N) is 4. The first-order valence-corrected chi connectivity index (χ1v) is 24.2. The van der Waals surface area contributed by atoms with Gasteiger partial charge in [0.2, 0.25) is 19.7 Å². The van der Waals surface area contributed by atoms with Crippen molar-refractivity contribution in [1.29, 1.82) is 0 Å². The Bertz CT molecular complexity index is 2640. The van der Waals surface area contributed by atoms with Crippen LogP contribution in [-0.4, -0.2) is 60.7 Å². The lowest BCUT2D eigenvalue weighted by Crippen LogP contribution is -2.54. The van der Waals surface area contributed by atoms with E-state index in [1.165, 1.54) is 0 Å². The first kappa shape index (κ1) is 44.8. The second-order valence-electron chi connectivity index (χ2n) is 16.5. The number of rotatable bonds is 8. The summed E-state index contributed by atoms with van der Waals surface area (Å²) in [6, 6.07) is 39.3. The van der Waals surface area contributed by atoms with Crippen molar-refractivity contribution >= 4 is 58.9 Å². The lowest BCUT2D eigenvalue weighted by Gasteiger charge is -2.35. The van der Waals surface area contributed by atoms with Crippen LogP contribution in [0.3, 0.4) is 0 Å². The fourth-order valence-electron chi connectivity index (χ4n) is 6.84. The Hall–Kier alpha value is -4.76. The van der Waals surface area contributed by atoms with Gasteiger partial charge in [0.05, 0.1) is 19.6 Å². The van der Waals surface area contributed by atoms with Gasteiger partial charge in [0.15, 0.2) is 5.96 Å². The molecule has 0 spiro atoms. The Morgan fingerprint density at radius 3 is 1.60 bits per heavy atom. The Kier molecular flexibility index (Phi) is 14.4. The normalized spacial score (nSPS) is 16.3. The van der Waals surface area contributed by atoms with E-state index in [-0.39, 0.29) is 5.41 Å². The molecule has 6 aromatic rings. The standard InChI is InChI=1S/C23H25N3O2S.C17H15NO2S.C7H16N2S/c1-23(2)15-25-22(26-16-23)24-14-18-8-6-7-17-11-12-20(13-21(17)18)29(27,28)19-9-4-3-5-10-19;18-12-14-6-4-5-13-9-10-16(11-17(13)14)21(19,20)15-7-2-1-3-8-15;1-7(2)4-8-6(10-3)9-5-7/h3-13H,14-16H2,1-2H3,(H2,24,25,26);1-11H,12,18H2;6,8-9H,4-5H2,1-3H3. The number of nitrogens with zero attached hydrogens (tertiary/aromatic N) is 1. The second-order valence-corrected chi connectivity index (χ2v) is 21.4. The second kappa shape index (κ2) is 19.3. The number of hydrogen-bond acceptors (Lipinski definition) is 11. The molecule has 6 aromatic carbocycles. The molecule has 13 heteroatoms. The van der Waals surface area contributed by atoms with E-state index in [1.54, 1.807) is 78.9 Å². The van der Waals surface area contributed by atoms with Gasteiger partial charge < -0.3 is 16.4 Å². The van der Waals surface area contributed by atoms with E-state index in [0.29, 0.717) is 43.6 Å². The Morgan fingerprint density at radius 1 is 0.633 bits per heavy atom. The molecule has 1 saturated heterocycles. The smallest absolute Gasteiger partial charge is 0.206 e. The summed E-state index contributed by atoms with van der Waals surface area (Å²) in [6.07, 6.45) is 2.11. The highest BCUT2D eigenvalue weighted by Gasteiger charge is 2.25. The molecule has 0 atom stereocenters. The molecule has 2 aliphatic rings. The number of nitrogens with two attached hydrogens (primary N) is 1. The van der Waals surface area contributed by atoms with Gasteiger partial charge >= 0.3 is 0 Å². The van der Waals surface area contributed by atoms with Gasteiger partial charge in [0.25, 0.3) is 0 Å². The third-order valence-electron chi connectivity index (χ3n) is 10.4. The maximum Gasteiger partial charge on any atom is 0.206 e.